The van der Waals surface area contributed by atoms with Crippen molar-refractivity contribution >= 4 is 34.6 Å². The first-order valence-electron chi connectivity index (χ1n) is 11.5. The van der Waals surface area contributed by atoms with Crippen LogP contribution in [0.2, 0.25) is 0 Å². The Morgan fingerprint density at radius 1 is 1.15 bits per heavy atom. The van der Waals surface area contributed by atoms with Crippen molar-refractivity contribution < 1.29 is 24.3 Å². The minimum atomic E-state index is -1.06. The molecule has 10 heteroatoms. The second-order valence-electron chi connectivity index (χ2n) is 9.15. The molecule has 4 atom stereocenters. The van der Waals surface area contributed by atoms with Crippen LogP contribution in [0.25, 0.3) is 10.9 Å². The number of carboxylic acids is 1. The highest BCUT2D eigenvalue weighted by Crippen LogP contribution is 2.23. The van der Waals surface area contributed by atoms with Crippen molar-refractivity contribution in [2.24, 2.45) is 11.7 Å². The highest BCUT2D eigenvalue weighted by molar-refractivity contribution is 5.95. The lowest BCUT2D eigenvalue weighted by Gasteiger charge is -2.28. The molecule has 1 saturated heterocycles. The van der Waals surface area contributed by atoms with E-state index in [9.17, 15) is 24.3 Å². The van der Waals surface area contributed by atoms with Gasteiger partial charge in [0, 0.05) is 30.1 Å². The zero-order valence-electron chi connectivity index (χ0n) is 19.7. The zero-order valence-corrected chi connectivity index (χ0v) is 19.7. The molecule has 0 saturated carbocycles. The van der Waals surface area contributed by atoms with Crippen molar-refractivity contribution in [2.45, 2.75) is 64.2 Å². The molecule has 184 valence electrons. The molecule has 1 aliphatic heterocycles. The maximum Gasteiger partial charge on any atom is 0.326 e. The van der Waals surface area contributed by atoms with Crippen molar-refractivity contribution in [3.8, 4) is 0 Å². The van der Waals surface area contributed by atoms with Gasteiger partial charge in [0.05, 0.1) is 6.04 Å². The van der Waals surface area contributed by atoms with Crippen LogP contribution in [0.4, 0.5) is 0 Å². The number of aromatic nitrogens is 1. The maximum absolute atomic E-state index is 13.4. The summed E-state index contributed by atoms with van der Waals surface area (Å²) in [4.78, 5) is 54.8. The van der Waals surface area contributed by atoms with Gasteiger partial charge in [0.2, 0.25) is 17.7 Å². The van der Waals surface area contributed by atoms with Crippen molar-refractivity contribution in [3.05, 3.63) is 36.0 Å². The molecular weight excluding hydrogens is 438 g/mol. The number of H-pyrrole nitrogens is 1. The first kappa shape index (κ1) is 25.2. The minimum Gasteiger partial charge on any atom is -0.480 e. The molecule has 0 spiro atoms. The third-order valence-electron chi connectivity index (χ3n) is 6.31. The molecule has 2 aromatic rings. The summed E-state index contributed by atoms with van der Waals surface area (Å²) in [5.41, 5.74) is 7.57. The van der Waals surface area contributed by atoms with E-state index in [1.54, 1.807) is 20.0 Å². The van der Waals surface area contributed by atoms with E-state index < -0.39 is 47.9 Å². The van der Waals surface area contributed by atoms with Gasteiger partial charge in [0.25, 0.3) is 0 Å². The van der Waals surface area contributed by atoms with Gasteiger partial charge in [-0.2, -0.15) is 0 Å². The molecule has 1 aromatic heterocycles. The fraction of sp³-hybridized carbons (Fsp3) is 0.500. The number of aliphatic carboxylic acids is 1. The van der Waals surface area contributed by atoms with Crippen LogP contribution in [0.3, 0.4) is 0 Å². The van der Waals surface area contributed by atoms with Crippen LogP contribution in [0.15, 0.2) is 30.5 Å². The van der Waals surface area contributed by atoms with Gasteiger partial charge in [0.1, 0.15) is 18.1 Å². The lowest BCUT2D eigenvalue weighted by Crippen LogP contribution is -2.57. The largest absolute Gasteiger partial charge is 0.480 e. The fourth-order valence-corrected chi connectivity index (χ4v) is 4.18. The van der Waals surface area contributed by atoms with E-state index >= 15 is 0 Å². The fourth-order valence-electron chi connectivity index (χ4n) is 4.18. The Hall–Kier alpha value is -3.40. The van der Waals surface area contributed by atoms with E-state index in [4.69, 9.17) is 5.73 Å². The number of nitrogens with two attached hydrogens (primary N) is 1. The van der Waals surface area contributed by atoms with Crippen LogP contribution in [0, 0.1) is 5.92 Å². The van der Waals surface area contributed by atoms with Crippen molar-refractivity contribution in [2.75, 3.05) is 6.54 Å². The molecule has 0 bridgehead atoms. The SMILES string of the molecule is CC(NC(=O)C(N)C(C)C)C(=O)NC(Cc1c[nH]c2ccccc12)C(=O)N1CCCC1C(=O)O. The standard InChI is InChI=1S/C24H33N5O5/c1-13(2)20(25)22(31)27-14(3)21(30)28-18(23(32)29-10-6-9-19(29)24(33)34)11-15-12-26-17-8-5-4-7-16(15)17/h4-5,7-8,12-14,18-20,26H,6,9-11,25H2,1-3H3,(H,27,31)(H,28,30)(H,33,34). The normalized spacial score (nSPS) is 18.5. The zero-order chi connectivity index (χ0) is 25.0. The molecule has 34 heavy (non-hydrogen) atoms. The molecule has 1 aromatic carbocycles. The van der Waals surface area contributed by atoms with Crippen LogP contribution in [-0.4, -0.2) is 69.4 Å². The van der Waals surface area contributed by atoms with E-state index in [-0.39, 0.29) is 12.3 Å². The Morgan fingerprint density at radius 3 is 2.53 bits per heavy atom. The summed E-state index contributed by atoms with van der Waals surface area (Å²) in [7, 11) is 0. The van der Waals surface area contributed by atoms with Gasteiger partial charge in [-0.05, 0) is 37.3 Å². The second kappa shape index (κ2) is 10.7. The van der Waals surface area contributed by atoms with Gasteiger partial charge in [-0.25, -0.2) is 4.79 Å². The van der Waals surface area contributed by atoms with E-state index in [0.29, 0.717) is 19.4 Å². The number of carbonyl (C=O) groups is 4. The van der Waals surface area contributed by atoms with Crippen LogP contribution < -0.4 is 16.4 Å². The summed E-state index contributed by atoms with van der Waals surface area (Å²) < 4.78 is 0. The Bertz CT molecular complexity index is 1060. The Labute approximate surface area is 198 Å². The molecule has 3 rings (SSSR count). The topological polar surface area (TPSA) is 158 Å². The maximum atomic E-state index is 13.4. The molecule has 3 amide bonds. The number of benzene rings is 1. The molecular formula is C24H33N5O5. The highest BCUT2D eigenvalue weighted by Gasteiger charge is 2.38. The Kier molecular flexibility index (Phi) is 7.93. The first-order chi connectivity index (χ1) is 16.1. The monoisotopic (exact) mass is 471 g/mol. The van der Waals surface area contributed by atoms with Gasteiger partial charge in [-0.15, -0.1) is 0 Å². The Morgan fingerprint density at radius 2 is 1.85 bits per heavy atom. The Balaban J connectivity index is 1.81. The van der Waals surface area contributed by atoms with Crippen LogP contribution in [0.5, 0.6) is 0 Å². The van der Waals surface area contributed by atoms with E-state index in [0.717, 1.165) is 16.5 Å². The lowest BCUT2D eigenvalue weighted by molar-refractivity contribution is -0.149. The number of carboxylic acid groups (broad SMARTS) is 1. The van der Waals surface area contributed by atoms with Gasteiger partial charge in [-0.3, -0.25) is 14.4 Å². The molecule has 0 aliphatic carbocycles. The van der Waals surface area contributed by atoms with E-state index in [1.165, 1.54) is 11.8 Å². The number of fused-ring (bicyclic) bond motifs is 1. The summed E-state index contributed by atoms with van der Waals surface area (Å²) in [6, 6.07) is 3.98. The van der Waals surface area contributed by atoms with Crippen molar-refractivity contribution in [1.82, 2.24) is 20.5 Å². The number of aromatic amines is 1. The average Bonchev–Trinajstić information content (AvgIpc) is 3.45. The number of para-hydroxylation sites is 1. The third-order valence-corrected chi connectivity index (χ3v) is 6.31. The predicted molar refractivity (Wildman–Crippen MR) is 127 cm³/mol. The number of hydrogen-bond donors (Lipinski definition) is 5. The van der Waals surface area contributed by atoms with Gasteiger partial charge < -0.3 is 31.4 Å². The van der Waals surface area contributed by atoms with Crippen molar-refractivity contribution in [1.29, 1.82) is 0 Å². The van der Waals surface area contributed by atoms with Gasteiger partial charge >= 0.3 is 5.97 Å². The highest BCUT2D eigenvalue weighted by atomic mass is 16.4. The smallest absolute Gasteiger partial charge is 0.326 e. The molecule has 6 N–H and O–H groups in total. The number of rotatable bonds is 9. The van der Waals surface area contributed by atoms with Gasteiger partial charge in [-0.1, -0.05) is 32.0 Å². The molecule has 2 heterocycles. The summed E-state index contributed by atoms with van der Waals surface area (Å²) in [5, 5.41) is 15.8. The van der Waals surface area contributed by atoms with Crippen molar-refractivity contribution in [3.63, 3.8) is 0 Å². The lowest BCUT2D eigenvalue weighted by atomic mass is 10.0. The molecule has 0 radical (unpaired) electrons. The molecule has 1 fully saturated rings. The summed E-state index contributed by atoms with van der Waals surface area (Å²) in [6.07, 6.45) is 2.90. The molecule has 10 nitrogen and oxygen atoms in total. The van der Waals surface area contributed by atoms with E-state index in [2.05, 4.69) is 15.6 Å². The summed E-state index contributed by atoms with van der Waals surface area (Å²) >= 11 is 0. The average molecular weight is 472 g/mol. The van der Waals surface area contributed by atoms with Crippen LogP contribution in [0.1, 0.15) is 39.2 Å². The van der Waals surface area contributed by atoms with E-state index in [1.807, 2.05) is 24.3 Å². The number of carbonyl (C=O) groups excluding carboxylic acids is 3. The molecule has 1 aliphatic rings. The number of nitrogens with zero attached hydrogens (tertiary/aromatic N) is 1. The number of nitrogens with one attached hydrogen (secondary N) is 3. The summed E-state index contributed by atoms with van der Waals surface area (Å²) in [5.74, 6) is -2.63. The minimum absolute atomic E-state index is 0.102. The predicted octanol–water partition coefficient (Wildman–Crippen LogP) is 0.759. The first-order valence-corrected chi connectivity index (χ1v) is 11.5. The quantitative estimate of drug-likeness (QED) is 0.363. The molecule has 4 unspecified atom stereocenters. The van der Waals surface area contributed by atoms with Crippen LogP contribution in [-0.2, 0) is 25.6 Å². The van der Waals surface area contributed by atoms with Gasteiger partial charge in [0.15, 0.2) is 0 Å². The summed E-state index contributed by atoms with van der Waals surface area (Å²) in [6.45, 7) is 5.44. The van der Waals surface area contributed by atoms with Crippen LogP contribution >= 0.6 is 0 Å². The second-order valence-corrected chi connectivity index (χ2v) is 9.15. The number of likely N-dealkylation sites (tertiary alicyclic amines) is 1. The number of hydrogen-bond acceptors (Lipinski definition) is 5. The number of amides is 3. The third kappa shape index (κ3) is 5.56.